The molecule has 2 nitrogen and oxygen atoms in total. The Kier molecular flexibility index (Phi) is 4.01. The fourth-order valence-corrected chi connectivity index (χ4v) is 4.58. The van der Waals surface area contributed by atoms with Gasteiger partial charge in [0.2, 0.25) is 0 Å². The Morgan fingerprint density at radius 3 is 3.11 bits per heavy atom. The lowest BCUT2D eigenvalue weighted by Gasteiger charge is -2.22. The molecule has 0 saturated heterocycles. The molecule has 1 unspecified atom stereocenters. The Morgan fingerprint density at radius 2 is 2.37 bits per heavy atom. The first-order chi connectivity index (χ1) is 9.24. The van der Waals surface area contributed by atoms with Gasteiger partial charge >= 0.3 is 0 Å². The average Bonchev–Trinajstić information content (AvgIpc) is 3.04. The molecule has 19 heavy (non-hydrogen) atoms. The van der Waals surface area contributed by atoms with Gasteiger partial charge < -0.3 is 5.32 Å². The van der Waals surface area contributed by atoms with Crippen molar-refractivity contribution in [1.29, 1.82) is 0 Å². The standard InChI is InChI=1S/C15H20N2S2/c1-10(2)16-9-11-5-3-6-12-14(11)17-15(19-12)13-7-4-8-18-13/h4,7-8,10-11,16H,3,5-6,9H2,1-2H3. The fourth-order valence-electron chi connectivity index (χ4n) is 2.59. The molecule has 2 aromatic heterocycles. The molecule has 102 valence electrons. The van der Waals surface area contributed by atoms with E-state index < -0.39 is 0 Å². The van der Waals surface area contributed by atoms with E-state index in [1.807, 2.05) is 11.3 Å². The van der Waals surface area contributed by atoms with Crippen molar-refractivity contribution in [3.8, 4) is 9.88 Å². The first-order valence-corrected chi connectivity index (χ1v) is 8.70. The summed E-state index contributed by atoms with van der Waals surface area (Å²) in [7, 11) is 0. The van der Waals surface area contributed by atoms with Gasteiger partial charge in [-0.25, -0.2) is 4.98 Å². The third-order valence-corrected chi connectivity index (χ3v) is 5.75. The van der Waals surface area contributed by atoms with E-state index in [2.05, 4.69) is 36.7 Å². The second kappa shape index (κ2) is 5.73. The van der Waals surface area contributed by atoms with Gasteiger partial charge in [0, 0.05) is 23.4 Å². The van der Waals surface area contributed by atoms with Crippen LogP contribution < -0.4 is 5.32 Å². The van der Waals surface area contributed by atoms with E-state index in [9.17, 15) is 0 Å². The Bertz CT molecular complexity index is 528. The molecule has 2 heterocycles. The minimum absolute atomic E-state index is 0.556. The highest BCUT2D eigenvalue weighted by Gasteiger charge is 2.25. The summed E-state index contributed by atoms with van der Waals surface area (Å²) < 4.78 is 0. The highest BCUT2D eigenvalue weighted by molar-refractivity contribution is 7.21. The molecule has 0 bridgehead atoms. The van der Waals surface area contributed by atoms with E-state index >= 15 is 0 Å². The van der Waals surface area contributed by atoms with Gasteiger partial charge in [0.05, 0.1) is 10.6 Å². The van der Waals surface area contributed by atoms with Crippen LogP contribution in [0.15, 0.2) is 17.5 Å². The van der Waals surface area contributed by atoms with Crippen LogP contribution in [0.1, 0.15) is 43.2 Å². The molecule has 3 rings (SSSR count). The third kappa shape index (κ3) is 2.91. The van der Waals surface area contributed by atoms with Crippen molar-refractivity contribution in [3.63, 3.8) is 0 Å². The van der Waals surface area contributed by atoms with Crippen LogP contribution in [-0.2, 0) is 6.42 Å². The molecule has 1 N–H and O–H groups in total. The molecule has 0 aliphatic heterocycles. The lowest BCUT2D eigenvalue weighted by Crippen LogP contribution is -2.29. The Morgan fingerprint density at radius 1 is 1.47 bits per heavy atom. The van der Waals surface area contributed by atoms with Crippen LogP contribution >= 0.6 is 22.7 Å². The normalized spacial score (nSPS) is 18.8. The summed E-state index contributed by atoms with van der Waals surface area (Å²) >= 11 is 3.69. The van der Waals surface area contributed by atoms with Gasteiger partial charge in [0.15, 0.2) is 0 Å². The van der Waals surface area contributed by atoms with Crippen LogP contribution in [0.5, 0.6) is 0 Å². The van der Waals surface area contributed by atoms with Crippen molar-refractivity contribution < 1.29 is 0 Å². The number of thiophene rings is 1. The maximum Gasteiger partial charge on any atom is 0.133 e. The number of aromatic nitrogens is 1. The van der Waals surface area contributed by atoms with Crippen LogP contribution in [0.3, 0.4) is 0 Å². The van der Waals surface area contributed by atoms with Gasteiger partial charge in [0.25, 0.3) is 0 Å². The molecule has 0 amide bonds. The molecule has 4 heteroatoms. The van der Waals surface area contributed by atoms with Gasteiger partial charge in [0.1, 0.15) is 5.01 Å². The summed E-state index contributed by atoms with van der Waals surface area (Å²) in [5.41, 5.74) is 1.37. The van der Waals surface area contributed by atoms with Gasteiger partial charge in [-0.05, 0) is 30.7 Å². The molecule has 1 atom stereocenters. The second-order valence-corrected chi connectivity index (χ2v) is 7.49. The molecule has 1 aliphatic carbocycles. The number of fused-ring (bicyclic) bond motifs is 1. The van der Waals surface area contributed by atoms with Crippen LogP contribution in [-0.4, -0.2) is 17.6 Å². The lowest BCUT2D eigenvalue weighted by molar-refractivity contribution is 0.475. The molecule has 0 fully saturated rings. The molecule has 1 aliphatic rings. The number of hydrogen-bond donors (Lipinski definition) is 1. The Hall–Kier alpha value is -0.710. The van der Waals surface area contributed by atoms with Crippen molar-refractivity contribution in [1.82, 2.24) is 10.3 Å². The fraction of sp³-hybridized carbons (Fsp3) is 0.533. The molecule has 0 spiro atoms. The Labute approximate surface area is 122 Å². The highest BCUT2D eigenvalue weighted by Crippen LogP contribution is 2.39. The zero-order valence-corrected chi connectivity index (χ0v) is 13.1. The maximum atomic E-state index is 4.94. The van der Waals surface area contributed by atoms with Gasteiger partial charge in [-0.15, -0.1) is 22.7 Å². The molecular formula is C15H20N2S2. The zero-order valence-electron chi connectivity index (χ0n) is 11.5. The van der Waals surface area contributed by atoms with E-state index in [1.54, 1.807) is 11.3 Å². The number of hydrogen-bond acceptors (Lipinski definition) is 4. The molecule has 0 aromatic carbocycles. The average molecular weight is 292 g/mol. The van der Waals surface area contributed by atoms with Crippen molar-refractivity contribution in [2.75, 3.05) is 6.54 Å². The summed E-state index contributed by atoms with van der Waals surface area (Å²) in [4.78, 5) is 7.78. The van der Waals surface area contributed by atoms with Crippen molar-refractivity contribution in [2.24, 2.45) is 0 Å². The summed E-state index contributed by atoms with van der Waals surface area (Å²) in [6.45, 7) is 5.49. The summed E-state index contributed by atoms with van der Waals surface area (Å²) in [5.74, 6) is 0.608. The quantitative estimate of drug-likeness (QED) is 0.909. The SMILES string of the molecule is CC(C)NCC1CCCc2sc(-c3cccs3)nc21. The first-order valence-electron chi connectivity index (χ1n) is 7.01. The molecule has 2 aromatic rings. The van der Waals surface area contributed by atoms with E-state index in [0.29, 0.717) is 12.0 Å². The number of nitrogens with zero attached hydrogens (tertiary/aromatic N) is 1. The van der Waals surface area contributed by atoms with Crippen LogP contribution in [0.25, 0.3) is 9.88 Å². The topological polar surface area (TPSA) is 24.9 Å². The number of rotatable bonds is 4. The van der Waals surface area contributed by atoms with Gasteiger partial charge in [-0.2, -0.15) is 0 Å². The van der Waals surface area contributed by atoms with Crippen LogP contribution in [0.4, 0.5) is 0 Å². The van der Waals surface area contributed by atoms with E-state index in [4.69, 9.17) is 4.98 Å². The Balaban J connectivity index is 1.83. The third-order valence-electron chi connectivity index (χ3n) is 3.58. The number of thiazole rings is 1. The van der Waals surface area contributed by atoms with E-state index in [0.717, 1.165) is 6.54 Å². The number of nitrogens with one attached hydrogen (secondary N) is 1. The summed E-state index contributed by atoms with van der Waals surface area (Å²) in [6, 6.07) is 4.84. The largest absolute Gasteiger partial charge is 0.314 e. The molecular weight excluding hydrogens is 272 g/mol. The van der Waals surface area contributed by atoms with E-state index in [1.165, 1.54) is 39.7 Å². The zero-order chi connectivity index (χ0) is 13.2. The molecule has 0 radical (unpaired) electrons. The highest BCUT2D eigenvalue weighted by atomic mass is 32.1. The lowest BCUT2D eigenvalue weighted by atomic mass is 9.91. The van der Waals surface area contributed by atoms with Crippen molar-refractivity contribution in [2.45, 2.75) is 45.1 Å². The molecule has 0 saturated carbocycles. The smallest absolute Gasteiger partial charge is 0.133 e. The minimum atomic E-state index is 0.556. The maximum absolute atomic E-state index is 4.94. The van der Waals surface area contributed by atoms with E-state index in [-0.39, 0.29) is 0 Å². The minimum Gasteiger partial charge on any atom is -0.314 e. The van der Waals surface area contributed by atoms with Crippen LogP contribution in [0.2, 0.25) is 0 Å². The predicted molar refractivity (Wildman–Crippen MR) is 84.2 cm³/mol. The van der Waals surface area contributed by atoms with Crippen molar-refractivity contribution >= 4 is 22.7 Å². The van der Waals surface area contributed by atoms with Crippen molar-refractivity contribution in [3.05, 3.63) is 28.1 Å². The van der Waals surface area contributed by atoms with Gasteiger partial charge in [-0.1, -0.05) is 19.9 Å². The van der Waals surface area contributed by atoms with Crippen LogP contribution in [0, 0.1) is 0 Å². The second-order valence-electron chi connectivity index (χ2n) is 5.46. The monoisotopic (exact) mass is 292 g/mol. The summed E-state index contributed by atoms with van der Waals surface area (Å²) in [6.07, 6.45) is 3.81. The summed E-state index contributed by atoms with van der Waals surface area (Å²) in [5, 5.41) is 6.92. The first kappa shape index (κ1) is 13.3. The number of aryl methyl sites for hydroxylation is 1. The predicted octanol–water partition coefficient (Wildman–Crippen LogP) is 4.29. The van der Waals surface area contributed by atoms with Gasteiger partial charge in [-0.3, -0.25) is 0 Å².